The molecule has 0 unspecified atom stereocenters. The summed E-state index contributed by atoms with van der Waals surface area (Å²) in [6, 6.07) is 5.58. The maximum atomic E-state index is 10.4. The lowest BCUT2D eigenvalue weighted by Gasteiger charge is -2.17. The number of anilines is 1. The summed E-state index contributed by atoms with van der Waals surface area (Å²) >= 11 is 0. The second-order valence-corrected chi connectivity index (χ2v) is 3.51. The second kappa shape index (κ2) is 5.12. The lowest BCUT2D eigenvalue weighted by atomic mass is 10.2. The molecule has 5 heteroatoms. The first kappa shape index (κ1) is 12.0. The van der Waals surface area contributed by atoms with Gasteiger partial charge in [0.05, 0.1) is 6.42 Å². The molecule has 1 rings (SSSR count). The molecule has 0 aliphatic rings. The number of aliphatic carboxylic acids is 1. The zero-order chi connectivity index (χ0) is 12.1. The molecule has 1 N–H and O–H groups in total. The van der Waals surface area contributed by atoms with Crippen LogP contribution in [-0.4, -0.2) is 29.7 Å². The van der Waals surface area contributed by atoms with Gasteiger partial charge in [0.25, 0.3) is 0 Å². The minimum Gasteiger partial charge on any atom is -0.481 e. The zero-order valence-corrected chi connectivity index (χ0v) is 9.27. The average molecular weight is 219 g/mol. The number of hydrogen-bond acceptors (Lipinski definition) is 4. The van der Waals surface area contributed by atoms with Gasteiger partial charge in [-0.25, -0.2) is 4.98 Å². The molecule has 0 aliphatic carbocycles. The van der Waals surface area contributed by atoms with Gasteiger partial charge in [-0.15, -0.1) is 0 Å². The fraction of sp³-hybridized carbons (Fsp3) is 0.364. The van der Waals surface area contributed by atoms with Gasteiger partial charge in [0, 0.05) is 13.6 Å². The van der Waals surface area contributed by atoms with E-state index < -0.39 is 5.97 Å². The van der Waals surface area contributed by atoms with Crippen molar-refractivity contribution in [2.45, 2.75) is 13.3 Å². The van der Waals surface area contributed by atoms with E-state index in [1.807, 2.05) is 13.0 Å². The SMILES string of the molecule is Cc1ccc(N(C)CCC(=O)O)nc1C#N. The number of pyridine rings is 1. The Labute approximate surface area is 93.9 Å². The first-order valence-corrected chi connectivity index (χ1v) is 4.85. The molecule has 0 aliphatic heterocycles. The highest BCUT2D eigenvalue weighted by molar-refractivity contribution is 5.67. The van der Waals surface area contributed by atoms with Crippen LogP contribution in [-0.2, 0) is 4.79 Å². The topological polar surface area (TPSA) is 77.2 Å². The molecular formula is C11H13N3O2. The third-order valence-electron chi connectivity index (χ3n) is 2.24. The van der Waals surface area contributed by atoms with Crippen LogP contribution < -0.4 is 4.90 Å². The van der Waals surface area contributed by atoms with E-state index in [0.29, 0.717) is 18.1 Å². The van der Waals surface area contributed by atoms with Gasteiger partial charge in [0.2, 0.25) is 0 Å². The molecule has 1 heterocycles. The maximum Gasteiger partial charge on any atom is 0.305 e. The fourth-order valence-corrected chi connectivity index (χ4v) is 1.22. The van der Waals surface area contributed by atoms with E-state index in [2.05, 4.69) is 4.98 Å². The molecule has 0 aromatic carbocycles. The van der Waals surface area contributed by atoms with Crippen LogP contribution in [0.15, 0.2) is 12.1 Å². The summed E-state index contributed by atoms with van der Waals surface area (Å²) in [5, 5.41) is 17.4. The molecule has 0 radical (unpaired) electrons. The summed E-state index contributed by atoms with van der Waals surface area (Å²) in [6.07, 6.45) is 0.0495. The van der Waals surface area contributed by atoms with E-state index >= 15 is 0 Å². The van der Waals surface area contributed by atoms with Crippen molar-refractivity contribution in [2.75, 3.05) is 18.5 Å². The van der Waals surface area contributed by atoms with E-state index in [4.69, 9.17) is 10.4 Å². The Morgan fingerprint density at radius 2 is 2.31 bits per heavy atom. The van der Waals surface area contributed by atoms with Crippen LogP contribution in [0.4, 0.5) is 5.82 Å². The van der Waals surface area contributed by atoms with Crippen LogP contribution in [0.3, 0.4) is 0 Å². The number of aromatic nitrogens is 1. The van der Waals surface area contributed by atoms with Gasteiger partial charge < -0.3 is 10.0 Å². The monoisotopic (exact) mass is 219 g/mol. The third-order valence-corrected chi connectivity index (χ3v) is 2.24. The second-order valence-electron chi connectivity index (χ2n) is 3.51. The highest BCUT2D eigenvalue weighted by Gasteiger charge is 2.07. The molecule has 0 spiro atoms. The van der Waals surface area contributed by atoms with Crippen molar-refractivity contribution in [3.05, 3.63) is 23.4 Å². The standard InChI is InChI=1S/C11H13N3O2/c1-8-3-4-10(13-9(8)7-12)14(2)6-5-11(15)16/h3-4H,5-6H2,1-2H3,(H,15,16). The Balaban J connectivity index is 2.80. The van der Waals surface area contributed by atoms with Gasteiger partial charge in [-0.2, -0.15) is 5.26 Å². The molecule has 16 heavy (non-hydrogen) atoms. The number of carboxylic acid groups (broad SMARTS) is 1. The number of nitriles is 1. The van der Waals surface area contributed by atoms with E-state index in [-0.39, 0.29) is 6.42 Å². The van der Waals surface area contributed by atoms with Gasteiger partial charge in [-0.3, -0.25) is 4.79 Å². The van der Waals surface area contributed by atoms with Crippen LogP contribution in [0, 0.1) is 18.3 Å². The van der Waals surface area contributed by atoms with Crippen LogP contribution in [0.2, 0.25) is 0 Å². The normalized spacial score (nSPS) is 9.56. The number of carboxylic acids is 1. The van der Waals surface area contributed by atoms with Crippen LogP contribution in [0.5, 0.6) is 0 Å². The van der Waals surface area contributed by atoms with Crippen molar-refractivity contribution in [2.24, 2.45) is 0 Å². The molecular weight excluding hydrogens is 206 g/mol. The molecule has 84 valence electrons. The Kier molecular flexibility index (Phi) is 3.84. The predicted octanol–water partition coefficient (Wildman–Crippen LogP) is 1.17. The fourth-order valence-electron chi connectivity index (χ4n) is 1.22. The van der Waals surface area contributed by atoms with E-state index in [0.717, 1.165) is 5.56 Å². The highest BCUT2D eigenvalue weighted by Crippen LogP contribution is 2.13. The van der Waals surface area contributed by atoms with Gasteiger partial charge in [0.1, 0.15) is 17.6 Å². The summed E-state index contributed by atoms with van der Waals surface area (Å²) < 4.78 is 0. The first-order valence-electron chi connectivity index (χ1n) is 4.85. The average Bonchev–Trinajstić information content (AvgIpc) is 2.26. The van der Waals surface area contributed by atoms with Crippen molar-refractivity contribution >= 4 is 11.8 Å². The summed E-state index contributed by atoms with van der Waals surface area (Å²) in [5.74, 6) is -0.233. The Morgan fingerprint density at radius 1 is 1.62 bits per heavy atom. The lowest BCUT2D eigenvalue weighted by Crippen LogP contribution is -2.22. The minimum absolute atomic E-state index is 0.0495. The van der Waals surface area contributed by atoms with Crippen molar-refractivity contribution in [1.82, 2.24) is 4.98 Å². The van der Waals surface area contributed by atoms with E-state index in [9.17, 15) is 4.79 Å². The van der Waals surface area contributed by atoms with Crippen molar-refractivity contribution in [3.8, 4) is 6.07 Å². The Morgan fingerprint density at radius 3 is 2.88 bits per heavy atom. The molecule has 1 aromatic heterocycles. The quantitative estimate of drug-likeness (QED) is 0.822. The van der Waals surface area contributed by atoms with Gasteiger partial charge >= 0.3 is 5.97 Å². The minimum atomic E-state index is -0.848. The predicted molar refractivity (Wildman–Crippen MR) is 59.2 cm³/mol. The number of hydrogen-bond donors (Lipinski definition) is 1. The van der Waals surface area contributed by atoms with Crippen molar-refractivity contribution in [1.29, 1.82) is 5.26 Å². The van der Waals surface area contributed by atoms with E-state index in [1.54, 1.807) is 24.1 Å². The molecule has 0 atom stereocenters. The van der Waals surface area contributed by atoms with Gasteiger partial charge in [-0.05, 0) is 18.6 Å². The third kappa shape index (κ3) is 2.95. The number of aryl methyl sites for hydroxylation is 1. The smallest absolute Gasteiger partial charge is 0.305 e. The lowest BCUT2D eigenvalue weighted by molar-refractivity contribution is -0.136. The molecule has 0 fully saturated rings. The van der Waals surface area contributed by atoms with E-state index in [1.165, 1.54) is 0 Å². The molecule has 0 saturated heterocycles. The summed E-state index contributed by atoms with van der Waals surface area (Å²) in [5.41, 5.74) is 1.19. The van der Waals surface area contributed by atoms with Crippen LogP contribution in [0.25, 0.3) is 0 Å². The van der Waals surface area contributed by atoms with Gasteiger partial charge in [-0.1, -0.05) is 6.07 Å². The summed E-state index contributed by atoms with van der Waals surface area (Å²) in [7, 11) is 1.75. The Hall–Kier alpha value is -2.09. The zero-order valence-electron chi connectivity index (χ0n) is 9.27. The number of rotatable bonds is 4. The molecule has 0 amide bonds. The van der Waals surface area contributed by atoms with Crippen LogP contribution in [0.1, 0.15) is 17.7 Å². The van der Waals surface area contributed by atoms with Crippen molar-refractivity contribution < 1.29 is 9.90 Å². The summed E-state index contributed by atoms with van der Waals surface area (Å²) in [4.78, 5) is 16.3. The molecule has 5 nitrogen and oxygen atoms in total. The maximum absolute atomic E-state index is 10.4. The Bertz CT molecular complexity index is 437. The summed E-state index contributed by atoms with van der Waals surface area (Å²) in [6.45, 7) is 2.18. The first-order chi connectivity index (χ1) is 7.54. The molecule has 1 aromatic rings. The number of carbonyl (C=O) groups is 1. The molecule has 0 saturated carbocycles. The highest BCUT2D eigenvalue weighted by atomic mass is 16.4. The largest absolute Gasteiger partial charge is 0.481 e. The van der Waals surface area contributed by atoms with Crippen LogP contribution >= 0.6 is 0 Å². The number of nitrogens with zero attached hydrogens (tertiary/aromatic N) is 3. The molecule has 0 bridgehead atoms. The van der Waals surface area contributed by atoms with Crippen molar-refractivity contribution in [3.63, 3.8) is 0 Å². The van der Waals surface area contributed by atoms with Gasteiger partial charge in [0.15, 0.2) is 0 Å².